The molecule has 5 rings (SSSR count). The van der Waals surface area contributed by atoms with Crippen molar-refractivity contribution in [2.45, 2.75) is 42.4 Å². The van der Waals surface area contributed by atoms with Crippen molar-refractivity contribution < 1.29 is 24.6 Å². The maximum atomic E-state index is 12.6. The van der Waals surface area contributed by atoms with E-state index in [1.54, 1.807) is 4.90 Å². The molecule has 5 aliphatic rings. The Kier molecular flexibility index (Phi) is 2.37. The molecule has 4 N–H and O–H groups in total. The zero-order valence-electron chi connectivity index (χ0n) is 11.9. The summed E-state index contributed by atoms with van der Waals surface area (Å²) in [7, 11) is 0. The smallest absolute Gasteiger partial charge is 0.408 e. The average molecular weight is 310 g/mol. The number of amides is 3. The van der Waals surface area contributed by atoms with E-state index in [9.17, 15) is 24.6 Å². The molecule has 0 radical (unpaired) electrons. The van der Waals surface area contributed by atoms with Crippen LogP contribution in [-0.4, -0.2) is 85.8 Å². The molecule has 22 heavy (non-hydrogen) atoms. The molecule has 0 spiro atoms. The van der Waals surface area contributed by atoms with Crippen molar-refractivity contribution in [1.82, 2.24) is 14.7 Å². The standard InChI is InChI=1S/C13H18N4O5/c14-12-4-13(5-12,6-12)17-3-7-8(9(18)19)16(11(21)22)2-1-15(7)10(17)20/h7-8H,1-6,14H2,(H,18,19)(H,21,22)/t7-,8+,12?,13?/m1/s1. The zero-order valence-corrected chi connectivity index (χ0v) is 11.9. The second-order valence-corrected chi connectivity index (χ2v) is 7.03. The summed E-state index contributed by atoms with van der Waals surface area (Å²) in [5.41, 5.74) is 5.67. The van der Waals surface area contributed by atoms with Crippen molar-refractivity contribution in [3.63, 3.8) is 0 Å². The van der Waals surface area contributed by atoms with Crippen LogP contribution >= 0.6 is 0 Å². The third-order valence-corrected chi connectivity index (χ3v) is 5.64. The molecule has 0 aromatic heterocycles. The minimum Gasteiger partial charge on any atom is -0.480 e. The van der Waals surface area contributed by atoms with E-state index >= 15 is 0 Å². The Morgan fingerprint density at radius 1 is 1.18 bits per heavy atom. The van der Waals surface area contributed by atoms with Crippen LogP contribution in [0.5, 0.6) is 0 Å². The number of urea groups is 1. The van der Waals surface area contributed by atoms with E-state index in [4.69, 9.17) is 5.73 Å². The summed E-state index contributed by atoms with van der Waals surface area (Å²) < 4.78 is 0. The second-order valence-electron chi connectivity index (χ2n) is 7.03. The Balaban J connectivity index is 1.60. The van der Waals surface area contributed by atoms with Gasteiger partial charge in [-0.3, -0.25) is 4.90 Å². The monoisotopic (exact) mass is 310 g/mol. The Labute approximate surface area is 126 Å². The molecule has 0 aromatic rings. The summed E-state index contributed by atoms with van der Waals surface area (Å²) in [6, 6.07) is -2.01. The Morgan fingerprint density at radius 2 is 1.82 bits per heavy atom. The molecule has 0 aromatic carbocycles. The Hall–Kier alpha value is -2.03. The summed E-state index contributed by atoms with van der Waals surface area (Å²) in [5, 5.41) is 18.6. The van der Waals surface area contributed by atoms with E-state index < -0.39 is 24.1 Å². The van der Waals surface area contributed by atoms with E-state index in [-0.39, 0.29) is 36.7 Å². The Morgan fingerprint density at radius 3 is 2.32 bits per heavy atom. The first kappa shape index (κ1) is 13.6. The van der Waals surface area contributed by atoms with Crippen LogP contribution < -0.4 is 5.73 Å². The summed E-state index contributed by atoms with van der Waals surface area (Å²) in [6.07, 6.45) is 1.01. The number of rotatable bonds is 2. The molecule has 0 unspecified atom stereocenters. The number of carboxylic acids is 1. The first-order chi connectivity index (χ1) is 10.3. The van der Waals surface area contributed by atoms with Crippen LogP contribution in [0.4, 0.5) is 9.59 Å². The van der Waals surface area contributed by atoms with E-state index in [0.29, 0.717) is 0 Å². The van der Waals surface area contributed by atoms with Crippen LogP contribution in [0.3, 0.4) is 0 Å². The Bertz CT molecular complexity index is 573. The largest absolute Gasteiger partial charge is 0.480 e. The third kappa shape index (κ3) is 1.49. The van der Waals surface area contributed by atoms with Gasteiger partial charge in [-0.2, -0.15) is 0 Å². The summed E-state index contributed by atoms with van der Waals surface area (Å²) >= 11 is 0. The average Bonchev–Trinajstić information content (AvgIpc) is 2.70. The maximum Gasteiger partial charge on any atom is 0.408 e. The van der Waals surface area contributed by atoms with Crippen LogP contribution in [-0.2, 0) is 4.79 Å². The SMILES string of the molecule is NC12CC(N3C[C@@H]4[C@@H](C(=O)O)N(C(=O)O)CCN4C3=O)(C1)C2. The molecule has 2 heterocycles. The van der Waals surface area contributed by atoms with E-state index in [1.165, 1.54) is 4.90 Å². The van der Waals surface area contributed by atoms with E-state index in [2.05, 4.69) is 0 Å². The number of nitrogens with two attached hydrogens (primary N) is 1. The molecule has 2 bridgehead atoms. The fourth-order valence-electron chi connectivity index (χ4n) is 4.76. The van der Waals surface area contributed by atoms with Gasteiger partial charge in [0.15, 0.2) is 6.04 Å². The van der Waals surface area contributed by atoms with Crippen LogP contribution in [0.15, 0.2) is 0 Å². The summed E-state index contributed by atoms with van der Waals surface area (Å²) in [5.74, 6) is -1.21. The van der Waals surface area contributed by atoms with Gasteiger partial charge in [0, 0.05) is 30.7 Å². The number of hydrogen-bond donors (Lipinski definition) is 3. The predicted molar refractivity (Wildman–Crippen MR) is 72.3 cm³/mol. The van der Waals surface area contributed by atoms with Crippen LogP contribution in [0, 0.1) is 0 Å². The highest BCUT2D eigenvalue weighted by atomic mass is 16.4. The van der Waals surface area contributed by atoms with Crippen LogP contribution in [0.2, 0.25) is 0 Å². The quantitative estimate of drug-likeness (QED) is 0.611. The lowest BCUT2D eigenvalue weighted by molar-refractivity contribution is -0.147. The molecule has 9 heteroatoms. The van der Waals surface area contributed by atoms with Crippen molar-refractivity contribution in [2.75, 3.05) is 19.6 Å². The number of nitrogens with zero attached hydrogens (tertiary/aromatic N) is 3. The maximum absolute atomic E-state index is 12.6. The zero-order chi connectivity index (χ0) is 15.9. The molecule has 5 fully saturated rings. The fraction of sp³-hybridized carbons (Fsp3) is 0.769. The molecule has 120 valence electrons. The number of carbonyl (C=O) groups excluding carboxylic acids is 1. The molecular formula is C13H18N4O5. The van der Waals surface area contributed by atoms with Gasteiger partial charge in [-0.25, -0.2) is 14.4 Å². The first-order valence-electron chi connectivity index (χ1n) is 7.36. The van der Waals surface area contributed by atoms with Crippen molar-refractivity contribution in [2.24, 2.45) is 5.73 Å². The van der Waals surface area contributed by atoms with Crippen molar-refractivity contribution in [3.8, 4) is 0 Å². The lowest BCUT2D eigenvalue weighted by Crippen LogP contribution is -2.82. The van der Waals surface area contributed by atoms with E-state index in [1.807, 2.05) is 0 Å². The molecular weight excluding hydrogens is 292 g/mol. The van der Waals surface area contributed by atoms with Crippen molar-refractivity contribution in [1.29, 1.82) is 0 Å². The highest BCUT2D eigenvalue weighted by Gasteiger charge is 2.71. The van der Waals surface area contributed by atoms with Crippen molar-refractivity contribution in [3.05, 3.63) is 0 Å². The fourth-order valence-corrected chi connectivity index (χ4v) is 4.76. The van der Waals surface area contributed by atoms with Gasteiger partial charge in [-0.05, 0) is 19.3 Å². The number of carbonyl (C=O) groups is 3. The normalized spacial score (nSPS) is 42.6. The minimum absolute atomic E-state index is 0.0240. The molecule has 3 aliphatic carbocycles. The highest BCUT2D eigenvalue weighted by Crippen LogP contribution is 2.63. The lowest BCUT2D eigenvalue weighted by Gasteiger charge is -2.71. The summed E-state index contributed by atoms with van der Waals surface area (Å²) in [4.78, 5) is 39.6. The first-order valence-corrected chi connectivity index (χ1v) is 7.36. The lowest BCUT2D eigenvalue weighted by atomic mass is 9.44. The number of aliphatic carboxylic acids is 1. The molecule has 9 nitrogen and oxygen atoms in total. The molecule has 3 amide bonds. The van der Waals surface area contributed by atoms with Crippen LogP contribution in [0.25, 0.3) is 0 Å². The van der Waals surface area contributed by atoms with Gasteiger partial charge in [0.25, 0.3) is 0 Å². The molecule has 2 saturated heterocycles. The third-order valence-electron chi connectivity index (χ3n) is 5.64. The van der Waals surface area contributed by atoms with Gasteiger partial charge < -0.3 is 25.7 Å². The number of fused-ring (bicyclic) bond motifs is 1. The summed E-state index contributed by atoms with van der Waals surface area (Å²) in [6.45, 7) is 0.520. The number of carboxylic acid groups (broad SMARTS) is 2. The van der Waals surface area contributed by atoms with Gasteiger partial charge in [0.05, 0.1) is 6.04 Å². The molecule has 2 aliphatic heterocycles. The van der Waals surface area contributed by atoms with Crippen molar-refractivity contribution >= 4 is 18.1 Å². The number of hydrogen-bond acceptors (Lipinski definition) is 4. The molecule has 2 atom stereocenters. The van der Waals surface area contributed by atoms with Gasteiger partial charge in [0.2, 0.25) is 0 Å². The van der Waals surface area contributed by atoms with Gasteiger partial charge in [-0.15, -0.1) is 0 Å². The number of piperazine rings is 1. The van der Waals surface area contributed by atoms with Gasteiger partial charge >= 0.3 is 18.1 Å². The van der Waals surface area contributed by atoms with Crippen LogP contribution in [0.1, 0.15) is 19.3 Å². The predicted octanol–water partition coefficient (Wildman–Crippen LogP) is -0.827. The van der Waals surface area contributed by atoms with E-state index in [0.717, 1.165) is 24.2 Å². The van der Waals surface area contributed by atoms with Gasteiger partial charge in [0.1, 0.15) is 0 Å². The van der Waals surface area contributed by atoms with Gasteiger partial charge in [-0.1, -0.05) is 0 Å². The minimum atomic E-state index is -1.26. The topological polar surface area (TPSA) is 127 Å². The second kappa shape index (κ2) is 3.83. The highest BCUT2D eigenvalue weighted by molar-refractivity contribution is 5.85. The molecule has 3 saturated carbocycles.